The first-order valence-corrected chi connectivity index (χ1v) is 12.1. The van der Waals surface area contributed by atoms with Crippen molar-refractivity contribution < 1.29 is 19.4 Å². The normalized spacial score (nSPS) is 27.9. The van der Waals surface area contributed by atoms with Gasteiger partial charge in [0.15, 0.2) is 0 Å². The monoisotopic (exact) mass is 416 g/mol. The molecule has 1 N–H and O–H groups in total. The van der Waals surface area contributed by atoms with Gasteiger partial charge in [0, 0.05) is 6.42 Å². The molecule has 168 valence electrons. The maximum atomic E-state index is 11.5. The molecule has 0 aliphatic carbocycles. The molecule has 3 atom stereocenters. The summed E-state index contributed by atoms with van der Waals surface area (Å²) in [5.74, 6) is 0.241. The quantitative estimate of drug-likeness (QED) is 0.295. The number of phenols is 1. The third kappa shape index (κ3) is 6.73. The van der Waals surface area contributed by atoms with Crippen molar-refractivity contribution in [2.45, 2.75) is 121 Å². The molecule has 1 aromatic carbocycles. The fourth-order valence-electron chi connectivity index (χ4n) is 5.23. The van der Waals surface area contributed by atoms with Gasteiger partial charge < -0.3 is 14.6 Å². The number of esters is 1. The maximum Gasteiger partial charge on any atom is 0.309 e. The molecule has 3 rings (SSSR count). The summed E-state index contributed by atoms with van der Waals surface area (Å²) in [6, 6.07) is 7.60. The van der Waals surface area contributed by atoms with Gasteiger partial charge in [-0.05, 0) is 50.8 Å². The topological polar surface area (TPSA) is 55.8 Å². The standard InChI is InChI=1S/C26H40O4/c1-25(20-26(2)23(29-25)19-24(28)30-26)18-12-10-8-6-4-3-5-7-9-11-13-21-14-16-22(27)17-15-21/h14-17,23,27H,3-13,18-20H2,1-2H3/t23-,25-,26-/m0/s1. The van der Waals surface area contributed by atoms with Crippen molar-refractivity contribution in [2.75, 3.05) is 0 Å². The van der Waals surface area contributed by atoms with E-state index in [1.165, 1.54) is 69.8 Å². The number of ether oxygens (including phenoxy) is 2. The lowest BCUT2D eigenvalue weighted by Crippen LogP contribution is -2.31. The Morgan fingerprint density at radius 3 is 2.07 bits per heavy atom. The molecule has 0 aromatic heterocycles. The van der Waals surface area contributed by atoms with E-state index in [0.717, 1.165) is 19.3 Å². The molecule has 2 saturated heterocycles. The van der Waals surface area contributed by atoms with Crippen LogP contribution in [-0.4, -0.2) is 28.4 Å². The average Bonchev–Trinajstić information content (AvgIpc) is 3.09. The van der Waals surface area contributed by atoms with Gasteiger partial charge in [-0.15, -0.1) is 0 Å². The van der Waals surface area contributed by atoms with E-state index < -0.39 is 5.60 Å². The average molecular weight is 417 g/mol. The number of fused-ring (bicyclic) bond motifs is 1. The first-order valence-electron chi connectivity index (χ1n) is 12.1. The second-order valence-electron chi connectivity index (χ2n) is 9.93. The van der Waals surface area contributed by atoms with E-state index in [4.69, 9.17) is 9.47 Å². The van der Waals surface area contributed by atoms with Gasteiger partial charge in [-0.3, -0.25) is 4.79 Å². The fraction of sp³-hybridized carbons (Fsp3) is 0.731. The molecule has 0 amide bonds. The first-order chi connectivity index (χ1) is 14.4. The molecule has 2 heterocycles. The molecular weight excluding hydrogens is 376 g/mol. The van der Waals surface area contributed by atoms with Crippen LogP contribution in [0, 0.1) is 0 Å². The molecule has 30 heavy (non-hydrogen) atoms. The molecule has 0 saturated carbocycles. The summed E-state index contributed by atoms with van der Waals surface area (Å²) < 4.78 is 11.7. The number of aromatic hydroxyl groups is 1. The Hall–Kier alpha value is -1.55. The Bertz CT molecular complexity index is 670. The molecule has 0 unspecified atom stereocenters. The number of hydrogen-bond acceptors (Lipinski definition) is 4. The van der Waals surface area contributed by atoms with Gasteiger partial charge in [0.1, 0.15) is 17.5 Å². The third-order valence-corrected chi connectivity index (χ3v) is 6.89. The van der Waals surface area contributed by atoms with E-state index in [0.29, 0.717) is 12.2 Å². The molecule has 2 aliphatic heterocycles. The van der Waals surface area contributed by atoms with Crippen LogP contribution in [0.4, 0.5) is 0 Å². The Kier molecular flexibility index (Phi) is 8.21. The second kappa shape index (κ2) is 10.7. The first kappa shape index (κ1) is 23.1. The predicted molar refractivity (Wildman–Crippen MR) is 120 cm³/mol. The smallest absolute Gasteiger partial charge is 0.309 e. The van der Waals surface area contributed by atoms with Crippen molar-refractivity contribution in [3.05, 3.63) is 29.8 Å². The van der Waals surface area contributed by atoms with Crippen molar-refractivity contribution in [2.24, 2.45) is 0 Å². The number of rotatable bonds is 13. The molecule has 1 aromatic rings. The Morgan fingerprint density at radius 1 is 0.900 bits per heavy atom. The number of carbonyl (C=O) groups excluding carboxylic acids is 1. The minimum Gasteiger partial charge on any atom is -0.508 e. The summed E-state index contributed by atoms with van der Waals surface area (Å²) in [6.07, 6.45) is 16.4. The van der Waals surface area contributed by atoms with Crippen molar-refractivity contribution in [3.63, 3.8) is 0 Å². The van der Waals surface area contributed by atoms with Crippen LogP contribution in [0.3, 0.4) is 0 Å². The maximum absolute atomic E-state index is 11.5. The van der Waals surface area contributed by atoms with E-state index in [2.05, 4.69) is 6.92 Å². The lowest BCUT2D eigenvalue weighted by atomic mass is 9.87. The van der Waals surface area contributed by atoms with Gasteiger partial charge >= 0.3 is 5.97 Å². The van der Waals surface area contributed by atoms with Gasteiger partial charge in [0.25, 0.3) is 0 Å². The molecule has 4 heteroatoms. The summed E-state index contributed by atoms with van der Waals surface area (Å²) in [7, 11) is 0. The lowest BCUT2D eigenvalue weighted by Gasteiger charge is -2.25. The van der Waals surface area contributed by atoms with Crippen LogP contribution >= 0.6 is 0 Å². The predicted octanol–water partition coefficient (Wildman–Crippen LogP) is 6.48. The third-order valence-electron chi connectivity index (χ3n) is 6.89. The summed E-state index contributed by atoms with van der Waals surface area (Å²) in [4.78, 5) is 11.5. The molecular formula is C26H40O4. The molecule has 0 radical (unpaired) electrons. The van der Waals surface area contributed by atoms with Crippen LogP contribution in [-0.2, 0) is 20.7 Å². The van der Waals surface area contributed by atoms with Gasteiger partial charge in [0.2, 0.25) is 0 Å². The number of hydrogen-bond donors (Lipinski definition) is 1. The summed E-state index contributed by atoms with van der Waals surface area (Å²) in [5.41, 5.74) is 0.804. The van der Waals surface area contributed by atoms with E-state index in [9.17, 15) is 9.90 Å². The highest BCUT2D eigenvalue weighted by molar-refractivity contribution is 5.73. The van der Waals surface area contributed by atoms with Crippen molar-refractivity contribution in [1.82, 2.24) is 0 Å². The summed E-state index contributed by atoms with van der Waals surface area (Å²) in [5, 5.41) is 9.31. The molecule has 0 spiro atoms. The molecule has 0 bridgehead atoms. The molecule has 2 aliphatic rings. The Balaban J connectivity index is 1.13. The van der Waals surface area contributed by atoms with E-state index in [1.54, 1.807) is 12.1 Å². The van der Waals surface area contributed by atoms with Crippen molar-refractivity contribution in [3.8, 4) is 5.75 Å². The number of benzene rings is 1. The van der Waals surface area contributed by atoms with Gasteiger partial charge in [-0.2, -0.15) is 0 Å². The minimum absolute atomic E-state index is 0.0453. The van der Waals surface area contributed by atoms with Gasteiger partial charge in [-0.25, -0.2) is 0 Å². The highest BCUT2D eigenvalue weighted by atomic mass is 16.6. The molecule has 2 fully saturated rings. The number of aryl methyl sites for hydroxylation is 1. The Labute approximate surface area is 182 Å². The zero-order valence-electron chi connectivity index (χ0n) is 19.0. The highest BCUT2D eigenvalue weighted by Gasteiger charge is 2.57. The zero-order valence-corrected chi connectivity index (χ0v) is 19.0. The van der Waals surface area contributed by atoms with E-state index in [-0.39, 0.29) is 17.7 Å². The van der Waals surface area contributed by atoms with E-state index >= 15 is 0 Å². The highest BCUT2D eigenvalue weighted by Crippen LogP contribution is 2.47. The van der Waals surface area contributed by atoms with Gasteiger partial charge in [-0.1, -0.05) is 69.9 Å². The van der Waals surface area contributed by atoms with Crippen LogP contribution in [0.25, 0.3) is 0 Å². The lowest BCUT2D eigenvalue weighted by molar-refractivity contribution is -0.147. The minimum atomic E-state index is -0.393. The van der Waals surface area contributed by atoms with Crippen LogP contribution in [0.5, 0.6) is 5.75 Å². The number of phenolic OH excluding ortho intramolecular Hbond substituents is 1. The van der Waals surface area contributed by atoms with Crippen LogP contribution in [0.15, 0.2) is 24.3 Å². The largest absolute Gasteiger partial charge is 0.508 e. The Morgan fingerprint density at radius 2 is 1.47 bits per heavy atom. The number of carbonyl (C=O) groups is 1. The van der Waals surface area contributed by atoms with Crippen LogP contribution in [0.2, 0.25) is 0 Å². The SMILES string of the molecule is C[C@]1(CCCCCCCCCCCCc2ccc(O)cc2)C[C@]2(C)OC(=O)C[C@@H]2O1. The van der Waals surface area contributed by atoms with Crippen molar-refractivity contribution >= 4 is 5.97 Å². The van der Waals surface area contributed by atoms with Crippen LogP contribution in [0.1, 0.15) is 103 Å². The zero-order chi connectivity index (χ0) is 21.5. The second-order valence-corrected chi connectivity index (χ2v) is 9.93. The fourth-order valence-corrected chi connectivity index (χ4v) is 5.23. The van der Waals surface area contributed by atoms with E-state index in [1.807, 2.05) is 19.1 Å². The van der Waals surface area contributed by atoms with Crippen LogP contribution < -0.4 is 0 Å². The summed E-state index contributed by atoms with van der Waals surface area (Å²) in [6.45, 7) is 4.22. The molecule has 4 nitrogen and oxygen atoms in total. The summed E-state index contributed by atoms with van der Waals surface area (Å²) >= 11 is 0. The number of unbranched alkanes of at least 4 members (excludes halogenated alkanes) is 9. The van der Waals surface area contributed by atoms with Crippen molar-refractivity contribution in [1.29, 1.82) is 0 Å². The van der Waals surface area contributed by atoms with Gasteiger partial charge in [0.05, 0.1) is 12.0 Å².